The Morgan fingerprint density at radius 3 is 2.27 bits per heavy atom. The van der Waals surface area contributed by atoms with E-state index in [2.05, 4.69) is 41.4 Å². The van der Waals surface area contributed by atoms with Gasteiger partial charge in [-0.1, -0.05) is 35.9 Å². The topological polar surface area (TPSA) is 36.8 Å². The van der Waals surface area contributed by atoms with E-state index in [1.807, 2.05) is 45.3 Å². The number of anilines is 1. The predicted octanol–water partition coefficient (Wildman–Crippen LogP) is 2.69. The third kappa shape index (κ3) is 6.04. The number of nitrogens with zero attached hydrogens (tertiary/aromatic N) is 1. The van der Waals surface area contributed by atoms with Crippen molar-refractivity contribution in [1.29, 1.82) is 0 Å². The van der Waals surface area contributed by atoms with Crippen molar-refractivity contribution in [3.63, 3.8) is 0 Å². The molecule has 2 aromatic carbocycles. The largest absolute Gasteiger partial charge is 0.378 e. The van der Waals surface area contributed by atoms with E-state index in [9.17, 15) is 4.79 Å². The van der Waals surface area contributed by atoms with E-state index in [1.165, 1.54) is 16.2 Å². The molecule has 26 heavy (non-hydrogen) atoms. The van der Waals surface area contributed by atoms with Crippen LogP contribution in [0.25, 0.3) is 0 Å². The Morgan fingerprint density at radius 2 is 1.73 bits per heavy atom. The maximum atomic E-state index is 12.4. The lowest BCUT2D eigenvalue weighted by Gasteiger charge is -2.20. The Bertz CT molecular complexity index is 698. The highest BCUT2D eigenvalue weighted by molar-refractivity contribution is 6.30. The van der Waals surface area contributed by atoms with Crippen molar-refractivity contribution < 1.29 is 9.69 Å². The minimum absolute atomic E-state index is 0.0303. The summed E-state index contributed by atoms with van der Waals surface area (Å²) in [7, 11) is 4.07. The molecule has 1 unspecified atom stereocenters. The van der Waals surface area contributed by atoms with Gasteiger partial charge in [0, 0.05) is 30.4 Å². The van der Waals surface area contributed by atoms with Gasteiger partial charge in [-0.3, -0.25) is 4.79 Å². The van der Waals surface area contributed by atoms with E-state index >= 15 is 0 Å². The maximum Gasteiger partial charge on any atom is 0.275 e. The van der Waals surface area contributed by atoms with Gasteiger partial charge < -0.3 is 15.1 Å². The second kappa shape index (κ2) is 9.60. The van der Waals surface area contributed by atoms with Gasteiger partial charge in [0.15, 0.2) is 6.54 Å². The van der Waals surface area contributed by atoms with E-state index in [0.29, 0.717) is 11.6 Å². The molecule has 0 saturated carbocycles. The van der Waals surface area contributed by atoms with Crippen LogP contribution in [0.1, 0.15) is 31.0 Å². The first-order valence-electron chi connectivity index (χ1n) is 9.03. The van der Waals surface area contributed by atoms with Crippen molar-refractivity contribution in [3.05, 3.63) is 64.7 Å². The first kappa shape index (κ1) is 20.3. The predicted molar refractivity (Wildman–Crippen MR) is 109 cm³/mol. The van der Waals surface area contributed by atoms with Crippen molar-refractivity contribution in [2.45, 2.75) is 26.4 Å². The van der Waals surface area contributed by atoms with Crippen molar-refractivity contribution >= 4 is 23.2 Å². The zero-order valence-electron chi connectivity index (χ0n) is 16.1. The summed E-state index contributed by atoms with van der Waals surface area (Å²) in [5.74, 6) is 0.0641. The fourth-order valence-corrected chi connectivity index (χ4v) is 2.99. The molecule has 0 aromatic heterocycles. The Hall–Kier alpha value is -2.04. The third-order valence-corrected chi connectivity index (χ3v) is 4.82. The molecule has 2 atom stereocenters. The van der Waals surface area contributed by atoms with Gasteiger partial charge in [-0.05, 0) is 43.7 Å². The van der Waals surface area contributed by atoms with Gasteiger partial charge in [0.25, 0.3) is 5.91 Å². The quantitative estimate of drug-likeness (QED) is 0.745. The summed E-state index contributed by atoms with van der Waals surface area (Å²) < 4.78 is 0. The summed E-state index contributed by atoms with van der Waals surface area (Å²) in [5, 5.41) is 3.78. The number of quaternary nitrogens is 1. The van der Waals surface area contributed by atoms with Crippen LogP contribution in [0.2, 0.25) is 5.02 Å². The monoisotopic (exact) mass is 374 g/mol. The second-order valence-corrected chi connectivity index (χ2v) is 7.30. The van der Waals surface area contributed by atoms with Crippen LogP contribution in [0.5, 0.6) is 0 Å². The number of hydrogen-bond acceptors (Lipinski definition) is 2. The number of likely N-dealkylation sites (N-methyl/N-ethyl adjacent to an activating group) is 1. The van der Waals surface area contributed by atoms with Gasteiger partial charge in [0.2, 0.25) is 0 Å². The summed E-state index contributed by atoms with van der Waals surface area (Å²) in [5.41, 5.74) is 3.48. The molecule has 0 radical (unpaired) electrons. The van der Waals surface area contributed by atoms with Crippen molar-refractivity contribution in [1.82, 2.24) is 5.32 Å². The minimum atomic E-state index is -0.0303. The van der Waals surface area contributed by atoms with Gasteiger partial charge in [0.05, 0.1) is 12.6 Å². The standard InChI is InChI=1S/C21H28ClN3O/c1-5-25(14-17-6-12-20(13-7-17)24(3)4)15-21(26)23-16(2)18-8-10-19(22)11-9-18/h6-13,16H,5,14-15H2,1-4H3,(H,23,26)/p+1/t16-/m1/s1. The first-order chi connectivity index (χ1) is 12.4. The minimum Gasteiger partial charge on any atom is -0.378 e. The second-order valence-electron chi connectivity index (χ2n) is 6.86. The van der Waals surface area contributed by atoms with E-state index in [-0.39, 0.29) is 11.9 Å². The molecule has 0 fully saturated rings. The molecular formula is C21H29ClN3O+. The molecule has 4 nitrogen and oxygen atoms in total. The molecule has 0 bridgehead atoms. The zero-order valence-corrected chi connectivity index (χ0v) is 16.8. The molecule has 0 aliphatic heterocycles. The first-order valence-corrected chi connectivity index (χ1v) is 9.41. The van der Waals surface area contributed by atoms with Crippen LogP contribution in [-0.4, -0.2) is 33.1 Å². The molecule has 2 N–H and O–H groups in total. The molecule has 0 spiro atoms. The third-order valence-electron chi connectivity index (χ3n) is 4.56. The average Bonchev–Trinajstić information content (AvgIpc) is 2.62. The number of hydrogen-bond donors (Lipinski definition) is 2. The van der Waals surface area contributed by atoms with Crippen LogP contribution in [0.3, 0.4) is 0 Å². The highest BCUT2D eigenvalue weighted by atomic mass is 35.5. The number of carbonyl (C=O) groups is 1. The highest BCUT2D eigenvalue weighted by Crippen LogP contribution is 2.15. The number of halogens is 1. The smallest absolute Gasteiger partial charge is 0.275 e. The van der Waals surface area contributed by atoms with E-state index in [0.717, 1.165) is 18.7 Å². The van der Waals surface area contributed by atoms with Crippen molar-refractivity contribution in [3.8, 4) is 0 Å². The molecule has 2 rings (SSSR count). The Morgan fingerprint density at radius 1 is 1.12 bits per heavy atom. The summed E-state index contributed by atoms with van der Waals surface area (Å²) in [6.07, 6.45) is 0. The molecule has 0 aliphatic rings. The lowest BCUT2D eigenvalue weighted by molar-refractivity contribution is -0.904. The lowest BCUT2D eigenvalue weighted by atomic mass is 10.1. The van der Waals surface area contributed by atoms with Gasteiger partial charge in [-0.2, -0.15) is 0 Å². The summed E-state index contributed by atoms with van der Waals surface area (Å²) >= 11 is 5.92. The normalized spacial score (nSPS) is 13.1. The number of rotatable bonds is 8. The fourth-order valence-electron chi connectivity index (χ4n) is 2.87. The van der Waals surface area contributed by atoms with E-state index < -0.39 is 0 Å². The molecule has 1 amide bonds. The summed E-state index contributed by atoms with van der Waals surface area (Å²) in [4.78, 5) is 15.8. The number of benzene rings is 2. The van der Waals surface area contributed by atoms with Crippen LogP contribution in [0.15, 0.2) is 48.5 Å². The summed E-state index contributed by atoms with van der Waals surface area (Å²) in [6, 6.07) is 16.1. The number of nitrogens with one attached hydrogen (secondary N) is 2. The fraction of sp³-hybridized carbons (Fsp3) is 0.381. The van der Waals surface area contributed by atoms with Crippen molar-refractivity contribution in [2.24, 2.45) is 0 Å². The van der Waals surface area contributed by atoms with E-state index in [1.54, 1.807) is 0 Å². The lowest BCUT2D eigenvalue weighted by Crippen LogP contribution is -3.11. The van der Waals surface area contributed by atoms with Gasteiger partial charge in [0.1, 0.15) is 6.54 Å². The van der Waals surface area contributed by atoms with Crippen LogP contribution in [0.4, 0.5) is 5.69 Å². The van der Waals surface area contributed by atoms with Gasteiger partial charge in [-0.25, -0.2) is 0 Å². The molecule has 0 saturated heterocycles. The molecular weight excluding hydrogens is 346 g/mol. The Balaban J connectivity index is 1.89. The van der Waals surface area contributed by atoms with Crippen molar-refractivity contribution in [2.75, 3.05) is 32.1 Å². The number of amides is 1. The zero-order chi connectivity index (χ0) is 19.1. The van der Waals surface area contributed by atoms with Gasteiger partial charge in [-0.15, -0.1) is 0 Å². The van der Waals surface area contributed by atoms with Crippen LogP contribution in [-0.2, 0) is 11.3 Å². The SMILES string of the molecule is CC[NH+](CC(=O)N[C@H](C)c1ccc(Cl)cc1)Cc1ccc(N(C)C)cc1. The summed E-state index contributed by atoms with van der Waals surface area (Å²) in [6.45, 7) is 6.31. The maximum absolute atomic E-state index is 12.4. The van der Waals surface area contributed by atoms with E-state index in [4.69, 9.17) is 11.6 Å². The Kier molecular flexibility index (Phi) is 7.49. The molecule has 5 heteroatoms. The molecule has 140 valence electrons. The number of carbonyl (C=O) groups excluding carboxylic acids is 1. The van der Waals surface area contributed by atoms with Crippen LogP contribution in [0, 0.1) is 0 Å². The Labute approximate surface area is 161 Å². The van der Waals surface area contributed by atoms with Crippen LogP contribution >= 0.6 is 11.6 Å². The average molecular weight is 375 g/mol. The molecule has 0 heterocycles. The highest BCUT2D eigenvalue weighted by Gasteiger charge is 2.16. The van der Waals surface area contributed by atoms with Crippen LogP contribution < -0.4 is 15.1 Å². The van der Waals surface area contributed by atoms with Gasteiger partial charge >= 0.3 is 0 Å². The molecule has 0 aliphatic carbocycles. The molecule has 2 aromatic rings.